The Labute approximate surface area is 152 Å². The highest BCUT2D eigenvalue weighted by Crippen LogP contribution is 2.31. The molecule has 0 saturated carbocycles. The van der Waals surface area contributed by atoms with Crippen LogP contribution in [0, 0.1) is 10.1 Å². The number of fused-ring (bicyclic) bond motifs is 1. The van der Waals surface area contributed by atoms with E-state index in [9.17, 15) is 19.7 Å². The van der Waals surface area contributed by atoms with Gasteiger partial charge in [0, 0.05) is 6.07 Å². The van der Waals surface area contributed by atoms with Crippen molar-refractivity contribution in [1.29, 1.82) is 0 Å². The van der Waals surface area contributed by atoms with Crippen LogP contribution in [0.5, 0.6) is 5.75 Å². The molecule has 3 rings (SSSR count). The molecule has 0 saturated heterocycles. The number of ether oxygens (including phenoxy) is 2. The molecule has 2 aromatic carbocycles. The van der Waals surface area contributed by atoms with Crippen molar-refractivity contribution in [3.05, 3.63) is 74.3 Å². The van der Waals surface area contributed by atoms with Crippen molar-refractivity contribution >= 4 is 22.6 Å². The summed E-state index contributed by atoms with van der Waals surface area (Å²) in [5.74, 6) is -0.528. The molecule has 138 valence electrons. The van der Waals surface area contributed by atoms with Gasteiger partial charge >= 0.3 is 11.7 Å². The van der Waals surface area contributed by atoms with Crippen molar-refractivity contribution in [3.8, 4) is 5.75 Å². The normalized spacial score (nSPS) is 11.8. The van der Waals surface area contributed by atoms with Crippen molar-refractivity contribution < 1.29 is 19.2 Å². The van der Waals surface area contributed by atoms with Gasteiger partial charge in [-0.15, -0.1) is 0 Å². The molecular weight excluding hydrogens is 354 g/mol. The van der Waals surface area contributed by atoms with Crippen LogP contribution >= 0.6 is 0 Å². The number of carbonyl (C=O) groups is 1. The number of carbonyl (C=O) groups excluding carboxylic acids is 1. The molecule has 1 atom stereocenters. The zero-order valence-corrected chi connectivity index (χ0v) is 14.5. The number of methoxy groups -OCH3 is 1. The van der Waals surface area contributed by atoms with Gasteiger partial charge in [0.25, 0.3) is 5.56 Å². The van der Waals surface area contributed by atoms with E-state index in [0.717, 1.165) is 6.07 Å². The van der Waals surface area contributed by atoms with Gasteiger partial charge in [0.1, 0.15) is 0 Å². The number of hydrogen-bond donors (Lipinski definition) is 1. The number of nitro benzene ring substituents is 1. The number of hydrogen-bond acceptors (Lipinski definition) is 7. The minimum absolute atomic E-state index is 0.0291. The predicted octanol–water partition coefficient (Wildman–Crippen LogP) is 2.76. The molecular formula is C18H15N3O6. The fourth-order valence-electron chi connectivity index (χ4n) is 2.55. The Kier molecular flexibility index (Phi) is 4.84. The monoisotopic (exact) mass is 369 g/mol. The number of nitrogens with one attached hydrogen (secondary N) is 1. The van der Waals surface area contributed by atoms with Crippen LogP contribution in [0.25, 0.3) is 10.9 Å². The van der Waals surface area contributed by atoms with Gasteiger partial charge in [-0.05, 0) is 31.2 Å². The van der Waals surface area contributed by atoms with Gasteiger partial charge in [-0.2, -0.15) is 0 Å². The molecule has 0 aliphatic rings. The molecule has 27 heavy (non-hydrogen) atoms. The van der Waals surface area contributed by atoms with Gasteiger partial charge in [0.15, 0.2) is 17.7 Å². The number of para-hydroxylation sites is 1. The van der Waals surface area contributed by atoms with Crippen molar-refractivity contribution in [2.45, 2.75) is 13.0 Å². The van der Waals surface area contributed by atoms with Gasteiger partial charge in [0.05, 0.1) is 28.5 Å². The maximum absolute atomic E-state index is 12.2. The van der Waals surface area contributed by atoms with Crippen molar-refractivity contribution in [2.75, 3.05) is 7.11 Å². The van der Waals surface area contributed by atoms with E-state index in [1.807, 2.05) is 0 Å². The molecule has 0 unspecified atom stereocenters. The third kappa shape index (κ3) is 3.61. The van der Waals surface area contributed by atoms with Gasteiger partial charge in [-0.3, -0.25) is 14.9 Å². The van der Waals surface area contributed by atoms with E-state index in [1.54, 1.807) is 31.2 Å². The lowest BCUT2D eigenvalue weighted by Crippen LogP contribution is -2.17. The number of rotatable bonds is 5. The van der Waals surface area contributed by atoms with Crippen LogP contribution in [-0.4, -0.2) is 28.0 Å². The van der Waals surface area contributed by atoms with Crippen LogP contribution in [0.4, 0.5) is 5.69 Å². The van der Waals surface area contributed by atoms with Gasteiger partial charge < -0.3 is 14.5 Å². The third-order valence-corrected chi connectivity index (χ3v) is 3.90. The van der Waals surface area contributed by atoms with Gasteiger partial charge in [-0.25, -0.2) is 9.78 Å². The maximum Gasteiger partial charge on any atom is 0.338 e. The van der Waals surface area contributed by atoms with Crippen molar-refractivity contribution in [1.82, 2.24) is 9.97 Å². The highest BCUT2D eigenvalue weighted by atomic mass is 16.6. The Balaban J connectivity index is 1.96. The van der Waals surface area contributed by atoms with E-state index in [2.05, 4.69) is 14.7 Å². The van der Waals surface area contributed by atoms with E-state index >= 15 is 0 Å². The van der Waals surface area contributed by atoms with Crippen LogP contribution < -0.4 is 10.3 Å². The fraction of sp³-hybridized carbons (Fsp3) is 0.167. The second-order valence-electron chi connectivity index (χ2n) is 5.66. The third-order valence-electron chi connectivity index (χ3n) is 3.90. The summed E-state index contributed by atoms with van der Waals surface area (Å²) in [5.41, 5.74) is -0.210. The number of H-pyrrole nitrogens is 1. The van der Waals surface area contributed by atoms with Crippen LogP contribution in [0.15, 0.2) is 47.3 Å². The number of aromatic nitrogens is 2. The molecule has 0 fully saturated rings. The highest BCUT2D eigenvalue weighted by molar-refractivity contribution is 5.90. The van der Waals surface area contributed by atoms with E-state index in [0.29, 0.717) is 10.9 Å². The number of nitro groups is 1. The molecule has 0 aliphatic heterocycles. The molecule has 1 N–H and O–H groups in total. The van der Waals surface area contributed by atoms with Crippen LogP contribution in [0.3, 0.4) is 0 Å². The van der Waals surface area contributed by atoms with Crippen LogP contribution in [-0.2, 0) is 4.74 Å². The minimum atomic E-state index is -0.773. The van der Waals surface area contributed by atoms with Crippen LogP contribution in [0.2, 0.25) is 0 Å². The SMILES string of the molecule is COC(=O)c1ccc(O[C@@H](C)c2nc3ccccc3c(=O)[nH]2)c([N+](=O)[O-])c1. The standard InChI is InChI=1S/C18H15N3O6/c1-10(16-19-13-6-4-3-5-12(13)17(22)20-16)27-15-8-7-11(18(23)26-2)9-14(15)21(24)25/h3-10H,1-2H3,(H,19,20,22)/t10-/m0/s1. The first-order valence-corrected chi connectivity index (χ1v) is 7.93. The number of benzene rings is 2. The van der Waals surface area contributed by atoms with E-state index in [4.69, 9.17) is 4.74 Å². The summed E-state index contributed by atoms with van der Waals surface area (Å²) in [6.07, 6.45) is -0.773. The predicted molar refractivity (Wildman–Crippen MR) is 95.8 cm³/mol. The van der Waals surface area contributed by atoms with Crippen molar-refractivity contribution in [3.63, 3.8) is 0 Å². The van der Waals surface area contributed by atoms with Crippen molar-refractivity contribution in [2.24, 2.45) is 0 Å². The molecule has 0 spiro atoms. The molecule has 0 aliphatic carbocycles. The van der Waals surface area contributed by atoms with E-state index in [-0.39, 0.29) is 22.7 Å². The topological polar surface area (TPSA) is 124 Å². The second-order valence-corrected chi connectivity index (χ2v) is 5.66. The summed E-state index contributed by atoms with van der Waals surface area (Å²) in [7, 11) is 1.18. The minimum Gasteiger partial charge on any atom is -0.476 e. The smallest absolute Gasteiger partial charge is 0.338 e. The highest BCUT2D eigenvalue weighted by Gasteiger charge is 2.22. The zero-order chi connectivity index (χ0) is 19.6. The summed E-state index contributed by atoms with van der Waals surface area (Å²) in [6.45, 7) is 1.60. The fourth-order valence-corrected chi connectivity index (χ4v) is 2.55. The van der Waals surface area contributed by atoms with Gasteiger partial charge in [0.2, 0.25) is 0 Å². The Bertz CT molecular complexity index is 1090. The summed E-state index contributed by atoms with van der Waals surface area (Å²) in [5, 5.41) is 11.8. The molecule has 9 heteroatoms. The van der Waals surface area contributed by atoms with Crippen LogP contribution in [0.1, 0.15) is 29.2 Å². The maximum atomic E-state index is 12.2. The molecule has 0 amide bonds. The first-order valence-electron chi connectivity index (χ1n) is 7.93. The lowest BCUT2D eigenvalue weighted by molar-refractivity contribution is -0.386. The summed E-state index contributed by atoms with van der Waals surface area (Å²) in [4.78, 5) is 41.4. The summed E-state index contributed by atoms with van der Waals surface area (Å²) >= 11 is 0. The van der Waals surface area contributed by atoms with E-state index < -0.39 is 22.7 Å². The van der Waals surface area contributed by atoms with E-state index in [1.165, 1.54) is 19.2 Å². The second kappa shape index (κ2) is 7.24. The average Bonchev–Trinajstić information content (AvgIpc) is 2.67. The molecule has 1 aromatic heterocycles. The zero-order valence-electron chi connectivity index (χ0n) is 14.5. The number of nitrogens with zero attached hydrogens (tertiary/aromatic N) is 2. The Morgan fingerprint density at radius 2 is 2.00 bits per heavy atom. The average molecular weight is 369 g/mol. The lowest BCUT2D eigenvalue weighted by atomic mass is 10.2. The molecule has 1 heterocycles. The summed E-state index contributed by atoms with van der Waals surface area (Å²) < 4.78 is 10.2. The Morgan fingerprint density at radius 3 is 2.70 bits per heavy atom. The first-order chi connectivity index (χ1) is 12.9. The lowest BCUT2D eigenvalue weighted by Gasteiger charge is -2.14. The summed E-state index contributed by atoms with van der Waals surface area (Å²) in [6, 6.07) is 10.6. The van der Waals surface area contributed by atoms with Gasteiger partial charge in [-0.1, -0.05) is 12.1 Å². The number of esters is 1. The Hall–Kier alpha value is -3.75. The molecule has 0 bridgehead atoms. The first kappa shape index (κ1) is 18.1. The largest absolute Gasteiger partial charge is 0.476 e. The molecule has 9 nitrogen and oxygen atoms in total. The quantitative estimate of drug-likeness (QED) is 0.416. The number of aromatic amines is 1. The molecule has 0 radical (unpaired) electrons. The Morgan fingerprint density at radius 1 is 1.26 bits per heavy atom. The molecule has 3 aromatic rings.